The number of halogens is 4. The summed E-state index contributed by atoms with van der Waals surface area (Å²) in [6.07, 6.45) is -4.92. The lowest BCUT2D eigenvalue weighted by Crippen LogP contribution is -2.45. The van der Waals surface area contributed by atoms with E-state index in [1.807, 2.05) is 54.6 Å². The number of rotatable bonds is 7. The number of ether oxygens (including phenoxy) is 1. The third-order valence-corrected chi connectivity index (χ3v) is 4.81. The van der Waals surface area contributed by atoms with Crippen molar-refractivity contribution in [2.24, 2.45) is 0 Å². The van der Waals surface area contributed by atoms with Gasteiger partial charge in [-0.15, -0.1) is 12.4 Å². The van der Waals surface area contributed by atoms with Gasteiger partial charge in [-0.25, -0.2) is 0 Å². The Morgan fingerprint density at radius 2 is 1.61 bits per heavy atom. The molecule has 1 N–H and O–H groups in total. The lowest BCUT2D eigenvalue weighted by Gasteiger charge is -2.36. The van der Waals surface area contributed by atoms with E-state index >= 15 is 0 Å². The molecule has 0 aliphatic carbocycles. The maximum Gasteiger partial charge on any atom is 0.389 e. The SMILES string of the molecule is Cl.FC(F)(F)CC[C@@H](c1ccccc1OCc1ccccc1)N1CCNCC1. The molecule has 0 aromatic heterocycles. The standard InChI is InChI=1S/C21H25F3N2O.ClH/c22-21(23,24)11-10-19(26-14-12-25-13-15-26)18-8-4-5-9-20(18)27-16-17-6-2-1-3-7-17;/h1-9,19,25H,10-16H2;1H/t19-;/m0./s1. The molecule has 154 valence electrons. The Morgan fingerprint density at radius 3 is 2.29 bits per heavy atom. The van der Waals surface area contributed by atoms with Crippen LogP contribution in [0.4, 0.5) is 13.2 Å². The van der Waals surface area contributed by atoms with Crippen molar-refractivity contribution in [2.75, 3.05) is 26.2 Å². The van der Waals surface area contributed by atoms with Crippen LogP contribution in [0.1, 0.15) is 30.0 Å². The largest absolute Gasteiger partial charge is 0.489 e. The molecule has 0 saturated carbocycles. The number of para-hydroxylation sites is 1. The number of alkyl halides is 3. The summed E-state index contributed by atoms with van der Waals surface area (Å²) < 4.78 is 44.7. The highest BCUT2D eigenvalue weighted by Crippen LogP contribution is 2.36. The van der Waals surface area contributed by atoms with Gasteiger partial charge in [0.15, 0.2) is 0 Å². The van der Waals surface area contributed by atoms with Gasteiger partial charge in [0, 0.05) is 44.2 Å². The fourth-order valence-corrected chi connectivity index (χ4v) is 3.45. The van der Waals surface area contributed by atoms with Crippen LogP contribution in [0.5, 0.6) is 5.75 Å². The summed E-state index contributed by atoms with van der Waals surface area (Å²) in [5.74, 6) is 0.659. The van der Waals surface area contributed by atoms with Crippen molar-refractivity contribution < 1.29 is 17.9 Å². The first-order chi connectivity index (χ1) is 13.0. The summed E-state index contributed by atoms with van der Waals surface area (Å²) in [6.45, 7) is 3.43. The molecule has 2 aromatic rings. The van der Waals surface area contributed by atoms with Crippen molar-refractivity contribution in [2.45, 2.75) is 31.7 Å². The average molecular weight is 415 g/mol. The maximum atomic E-state index is 12.9. The predicted molar refractivity (Wildman–Crippen MR) is 107 cm³/mol. The second-order valence-corrected chi connectivity index (χ2v) is 6.77. The molecule has 1 aliphatic heterocycles. The zero-order valence-corrected chi connectivity index (χ0v) is 16.4. The summed E-state index contributed by atoms with van der Waals surface area (Å²) in [5, 5.41) is 3.26. The molecule has 7 heteroatoms. The van der Waals surface area contributed by atoms with E-state index < -0.39 is 12.6 Å². The number of hydrogen-bond acceptors (Lipinski definition) is 3. The molecule has 0 spiro atoms. The van der Waals surface area contributed by atoms with E-state index in [4.69, 9.17) is 4.74 Å². The van der Waals surface area contributed by atoms with Crippen LogP contribution in [-0.2, 0) is 6.61 Å². The highest BCUT2D eigenvalue weighted by molar-refractivity contribution is 5.85. The summed E-state index contributed by atoms with van der Waals surface area (Å²) in [6, 6.07) is 16.9. The molecule has 28 heavy (non-hydrogen) atoms. The van der Waals surface area contributed by atoms with Crippen molar-refractivity contribution in [3.8, 4) is 5.75 Å². The van der Waals surface area contributed by atoms with Gasteiger partial charge in [-0.2, -0.15) is 13.2 Å². The van der Waals surface area contributed by atoms with Gasteiger partial charge < -0.3 is 10.1 Å². The van der Waals surface area contributed by atoms with Crippen LogP contribution in [0.2, 0.25) is 0 Å². The summed E-state index contributed by atoms with van der Waals surface area (Å²) >= 11 is 0. The van der Waals surface area contributed by atoms with Gasteiger partial charge in [0.05, 0.1) is 0 Å². The van der Waals surface area contributed by atoms with Crippen molar-refractivity contribution in [3.05, 3.63) is 65.7 Å². The number of hydrogen-bond donors (Lipinski definition) is 1. The van der Waals surface area contributed by atoms with Crippen LogP contribution in [0, 0.1) is 0 Å². The molecule has 1 heterocycles. The van der Waals surface area contributed by atoms with Gasteiger partial charge in [0.2, 0.25) is 0 Å². The van der Waals surface area contributed by atoms with Crippen molar-refractivity contribution in [1.29, 1.82) is 0 Å². The predicted octanol–water partition coefficient (Wildman–Crippen LogP) is 4.98. The summed E-state index contributed by atoms with van der Waals surface area (Å²) in [5.41, 5.74) is 1.86. The molecular formula is C21H26ClF3N2O. The van der Waals surface area contributed by atoms with Crippen LogP contribution in [0.15, 0.2) is 54.6 Å². The Labute approximate surface area is 170 Å². The topological polar surface area (TPSA) is 24.5 Å². The third-order valence-electron chi connectivity index (χ3n) is 4.81. The number of nitrogens with zero attached hydrogens (tertiary/aromatic N) is 1. The Morgan fingerprint density at radius 1 is 0.964 bits per heavy atom. The first kappa shape index (κ1) is 22.5. The molecule has 2 aromatic carbocycles. The Bertz CT molecular complexity index is 706. The minimum absolute atomic E-state index is 0. The highest BCUT2D eigenvalue weighted by atomic mass is 35.5. The Balaban J connectivity index is 0.00000280. The average Bonchev–Trinajstić information content (AvgIpc) is 2.68. The number of nitrogens with one attached hydrogen (secondary N) is 1. The lowest BCUT2D eigenvalue weighted by molar-refractivity contribution is -0.138. The number of piperazine rings is 1. The molecule has 1 fully saturated rings. The Hall–Kier alpha value is -1.76. The first-order valence-electron chi connectivity index (χ1n) is 9.30. The van der Waals surface area contributed by atoms with E-state index in [-0.39, 0.29) is 24.9 Å². The maximum absolute atomic E-state index is 12.9. The minimum atomic E-state index is -4.16. The van der Waals surface area contributed by atoms with Crippen LogP contribution in [0.25, 0.3) is 0 Å². The Kier molecular flexibility index (Phi) is 8.60. The monoisotopic (exact) mass is 414 g/mol. The molecule has 3 rings (SSSR count). The van der Waals surface area contributed by atoms with Gasteiger partial charge in [0.25, 0.3) is 0 Å². The van der Waals surface area contributed by atoms with Crippen molar-refractivity contribution in [3.63, 3.8) is 0 Å². The van der Waals surface area contributed by atoms with Crippen LogP contribution >= 0.6 is 12.4 Å². The molecule has 1 aliphatic rings. The van der Waals surface area contributed by atoms with Crippen molar-refractivity contribution in [1.82, 2.24) is 10.2 Å². The normalized spacial score (nSPS) is 16.2. The molecule has 3 nitrogen and oxygen atoms in total. The van der Waals surface area contributed by atoms with Crippen LogP contribution in [-0.4, -0.2) is 37.3 Å². The second-order valence-electron chi connectivity index (χ2n) is 6.77. The van der Waals surface area contributed by atoms with Gasteiger partial charge in [-0.3, -0.25) is 4.90 Å². The van der Waals surface area contributed by atoms with E-state index in [0.717, 1.165) is 37.3 Å². The fourth-order valence-electron chi connectivity index (χ4n) is 3.45. The van der Waals surface area contributed by atoms with Gasteiger partial charge in [-0.05, 0) is 18.1 Å². The highest BCUT2D eigenvalue weighted by Gasteiger charge is 2.32. The zero-order valence-electron chi connectivity index (χ0n) is 15.6. The molecule has 0 radical (unpaired) electrons. The van der Waals surface area contributed by atoms with Gasteiger partial charge in [-0.1, -0.05) is 48.5 Å². The summed E-state index contributed by atoms with van der Waals surface area (Å²) in [4.78, 5) is 2.13. The molecular weight excluding hydrogens is 389 g/mol. The first-order valence-corrected chi connectivity index (χ1v) is 9.30. The number of benzene rings is 2. The third kappa shape index (κ3) is 6.69. The van der Waals surface area contributed by atoms with Crippen LogP contribution < -0.4 is 10.1 Å². The molecule has 0 unspecified atom stereocenters. The quantitative estimate of drug-likeness (QED) is 0.691. The minimum Gasteiger partial charge on any atom is -0.489 e. The van der Waals surface area contributed by atoms with Crippen LogP contribution in [0.3, 0.4) is 0 Å². The van der Waals surface area contributed by atoms with Gasteiger partial charge in [0.1, 0.15) is 12.4 Å². The molecule has 0 bridgehead atoms. The summed E-state index contributed by atoms with van der Waals surface area (Å²) in [7, 11) is 0. The van der Waals surface area contributed by atoms with Gasteiger partial charge >= 0.3 is 6.18 Å². The fraction of sp³-hybridized carbons (Fsp3) is 0.429. The second kappa shape index (κ2) is 10.7. The zero-order chi connectivity index (χ0) is 19.1. The lowest BCUT2D eigenvalue weighted by atomic mass is 9.98. The molecule has 1 saturated heterocycles. The van der Waals surface area contributed by atoms with E-state index in [9.17, 15) is 13.2 Å². The van der Waals surface area contributed by atoms with E-state index in [1.54, 1.807) is 0 Å². The van der Waals surface area contributed by atoms with E-state index in [0.29, 0.717) is 12.4 Å². The van der Waals surface area contributed by atoms with E-state index in [2.05, 4.69) is 10.2 Å². The molecule has 1 atom stereocenters. The van der Waals surface area contributed by atoms with E-state index in [1.165, 1.54) is 0 Å². The molecule has 0 amide bonds. The van der Waals surface area contributed by atoms with Crippen molar-refractivity contribution >= 4 is 12.4 Å². The smallest absolute Gasteiger partial charge is 0.389 e.